The molecule has 0 aliphatic carbocycles. The van der Waals surface area contributed by atoms with Gasteiger partial charge in [-0.1, -0.05) is 24.4 Å². The van der Waals surface area contributed by atoms with E-state index in [-0.39, 0.29) is 42.7 Å². The summed E-state index contributed by atoms with van der Waals surface area (Å²) in [5, 5.41) is 0.666. The molecule has 0 heterocycles. The maximum atomic E-state index is 5.64. The van der Waals surface area contributed by atoms with E-state index in [1.807, 2.05) is 0 Å². The van der Waals surface area contributed by atoms with Crippen LogP contribution in [0.1, 0.15) is 25.7 Å². The Morgan fingerprint density at radius 3 is 1.41 bits per heavy atom. The monoisotopic (exact) mass is 441 g/mol. The van der Waals surface area contributed by atoms with Crippen molar-refractivity contribution in [3.8, 4) is 0 Å². The zero-order chi connectivity index (χ0) is 19.1. The van der Waals surface area contributed by atoms with Crippen LogP contribution in [0.4, 0.5) is 5.69 Å². The van der Waals surface area contributed by atoms with Crippen LogP contribution in [-0.4, -0.2) is 31.0 Å². The van der Waals surface area contributed by atoms with Crippen LogP contribution in [0.3, 0.4) is 0 Å². The van der Waals surface area contributed by atoms with Gasteiger partial charge in [-0.3, -0.25) is 9.98 Å². The molecule has 0 aliphatic heterocycles. The van der Waals surface area contributed by atoms with Gasteiger partial charge in [0.05, 0.1) is 5.69 Å². The first kappa shape index (κ1) is 29.7. The van der Waals surface area contributed by atoms with Gasteiger partial charge in [0.15, 0.2) is 17.9 Å². The van der Waals surface area contributed by atoms with Crippen LogP contribution in [0.25, 0.3) is 0 Å². The van der Waals surface area contributed by atoms with Gasteiger partial charge in [0.2, 0.25) is 0 Å². The van der Waals surface area contributed by atoms with E-state index in [1.54, 1.807) is 24.3 Å². The molecule has 1 rings (SSSR count). The highest BCUT2D eigenvalue weighted by Gasteiger charge is 1.90. The van der Waals surface area contributed by atoms with E-state index < -0.39 is 0 Å². The average Bonchev–Trinajstić information content (AvgIpc) is 2.52. The third-order valence-electron chi connectivity index (χ3n) is 2.74. The highest BCUT2D eigenvalue weighted by molar-refractivity contribution is 6.30. The summed E-state index contributed by atoms with van der Waals surface area (Å²) in [5.74, 6) is 0.364. The quantitative estimate of drug-likeness (QED) is 0.198. The second kappa shape index (κ2) is 18.7. The fourth-order valence-electron chi connectivity index (χ4n) is 1.66. The molecule has 0 fully saturated rings. The van der Waals surface area contributed by atoms with Gasteiger partial charge in [0.25, 0.3) is 0 Å². The van der Waals surface area contributed by atoms with Crippen molar-refractivity contribution >= 4 is 60.0 Å². The summed E-state index contributed by atoms with van der Waals surface area (Å²) >= 11 is 5.64. The average molecular weight is 443 g/mol. The van der Waals surface area contributed by atoms with Crippen LogP contribution < -0.4 is 34.4 Å². The van der Waals surface area contributed by atoms with Gasteiger partial charge >= 0.3 is 0 Å². The Balaban J connectivity index is -0.000000405. The Kier molecular flexibility index (Phi) is 20.5. The largest absolute Gasteiger partial charge is 0.370 e. The molecule has 12 N–H and O–H groups in total. The number of aliphatic imine (C=N–C) groups is 3. The van der Waals surface area contributed by atoms with E-state index in [0.717, 1.165) is 25.7 Å². The minimum atomic E-state index is 0. The third kappa shape index (κ3) is 21.9. The molecular weight excluding hydrogens is 413 g/mol. The van der Waals surface area contributed by atoms with E-state index in [4.69, 9.17) is 46.0 Å². The number of hydrogen-bond acceptors (Lipinski definition) is 3. The molecule has 1 aromatic rings. The zero-order valence-electron chi connectivity index (χ0n) is 15.1. The van der Waals surface area contributed by atoms with Crippen molar-refractivity contribution in [3.05, 3.63) is 29.3 Å². The molecule has 0 saturated heterocycles. The molecule has 0 atom stereocenters. The van der Waals surface area contributed by atoms with Crippen molar-refractivity contribution < 1.29 is 0 Å². The first-order valence-electron chi connectivity index (χ1n) is 7.77. The number of nitrogens with zero attached hydrogens (tertiary/aromatic N) is 3. The Morgan fingerprint density at radius 2 is 1.07 bits per heavy atom. The van der Waals surface area contributed by atoms with Crippen LogP contribution in [0, 0.1) is 0 Å². The van der Waals surface area contributed by atoms with Crippen LogP contribution in [-0.2, 0) is 0 Å². The molecule has 27 heavy (non-hydrogen) atoms. The topological polar surface area (TPSA) is 193 Å². The van der Waals surface area contributed by atoms with Crippen molar-refractivity contribution in [2.24, 2.45) is 49.4 Å². The van der Waals surface area contributed by atoms with Gasteiger partial charge in [-0.05, 0) is 37.1 Å². The summed E-state index contributed by atoms with van der Waals surface area (Å²) in [5.41, 5.74) is 31.7. The van der Waals surface area contributed by atoms with Gasteiger partial charge < -0.3 is 34.4 Å². The molecular formula is C15H30Cl3N9. The van der Waals surface area contributed by atoms with Crippen LogP contribution in [0.2, 0.25) is 5.02 Å². The van der Waals surface area contributed by atoms with Gasteiger partial charge in [-0.15, -0.1) is 24.8 Å². The minimum absolute atomic E-state index is 0. The van der Waals surface area contributed by atoms with Crippen molar-refractivity contribution in [2.75, 3.05) is 13.1 Å². The van der Waals surface area contributed by atoms with Gasteiger partial charge in [0.1, 0.15) is 0 Å². The number of hydrogen-bond donors (Lipinski definition) is 6. The zero-order valence-corrected chi connectivity index (χ0v) is 17.4. The smallest absolute Gasteiger partial charge is 0.191 e. The predicted octanol–water partition coefficient (Wildman–Crippen LogP) is 1.18. The third-order valence-corrected chi connectivity index (χ3v) is 2.99. The van der Waals surface area contributed by atoms with Crippen molar-refractivity contribution in [3.63, 3.8) is 0 Å². The lowest BCUT2D eigenvalue weighted by Crippen LogP contribution is -2.23. The van der Waals surface area contributed by atoms with Gasteiger partial charge in [-0.25, -0.2) is 4.99 Å². The lowest BCUT2D eigenvalue weighted by molar-refractivity contribution is 0.653. The van der Waals surface area contributed by atoms with E-state index in [0.29, 0.717) is 23.8 Å². The summed E-state index contributed by atoms with van der Waals surface area (Å²) < 4.78 is 0. The second-order valence-corrected chi connectivity index (χ2v) is 5.48. The van der Waals surface area contributed by atoms with Crippen LogP contribution in [0.5, 0.6) is 0 Å². The highest BCUT2D eigenvalue weighted by atomic mass is 35.5. The summed E-state index contributed by atoms with van der Waals surface area (Å²) in [6, 6.07) is 6.93. The normalized spacial score (nSPS) is 8.63. The standard InChI is InChI=1S/C8H20N6.C7H8ClN3.2ClH/c9-7(10)13-5-3-1-2-4-6-14-8(11)12;8-5-1-3-6(4-2-5)11-7(9)10;;/h1-6H2,(H4,9,10,13)(H4,11,12,14);1-4H,(H4,9,10,11);2*1H. The Labute approximate surface area is 177 Å². The molecule has 0 amide bonds. The number of rotatable bonds is 8. The molecule has 0 aliphatic rings. The fraction of sp³-hybridized carbons (Fsp3) is 0.400. The number of unbranched alkanes of at least 4 members (excludes halogenated alkanes) is 3. The lowest BCUT2D eigenvalue weighted by atomic mass is 10.2. The molecule has 9 nitrogen and oxygen atoms in total. The molecule has 0 aromatic heterocycles. The molecule has 0 unspecified atom stereocenters. The minimum Gasteiger partial charge on any atom is -0.370 e. The van der Waals surface area contributed by atoms with Crippen LogP contribution >= 0.6 is 36.4 Å². The SMILES string of the molecule is Cl.Cl.NC(N)=NCCCCCCN=C(N)N.NC(N)=Nc1ccc(Cl)cc1. The Bertz CT molecular complexity index is 540. The molecule has 0 bridgehead atoms. The predicted molar refractivity (Wildman–Crippen MR) is 121 cm³/mol. The maximum absolute atomic E-state index is 5.64. The highest BCUT2D eigenvalue weighted by Crippen LogP contribution is 2.15. The molecule has 0 saturated carbocycles. The molecule has 12 heteroatoms. The molecule has 0 spiro atoms. The maximum Gasteiger partial charge on any atom is 0.191 e. The second-order valence-electron chi connectivity index (χ2n) is 5.04. The van der Waals surface area contributed by atoms with Crippen molar-refractivity contribution in [2.45, 2.75) is 25.7 Å². The summed E-state index contributed by atoms with van der Waals surface area (Å²) in [4.78, 5) is 11.6. The van der Waals surface area contributed by atoms with E-state index in [9.17, 15) is 0 Å². The summed E-state index contributed by atoms with van der Waals surface area (Å²) in [6.07, 6.45) is 4.19. The fourth-order valence-corrected chi connectivity index (χ4v) is 1.78. The molecule has 0 radical (unpaired) electrons. The number of nitrogens with two attached hydrogens (primary N) is 6. The van der Waals surface area contributed by atoms with Gasteiger partial charge in [0, 0.05) is 18.1 Å². The first-order valence-corrected chi connectivity index (χ1v) is 8.15. The van der Waals surface area contributed by atoms with E-state index >= 15 is 0 Å². The van der Waals surface area contributed by atoms with Crippen LogP contribution in [0.15, 0.2) is 39.2 Å². The van der Waals surface area contributed by atoms with Crippen molar-refractivity contribution in [1.29, 1.82) is 0 Å². The Hall–Kier alpha value is -2.10. The number of benzene rings is 1. The lowest BCUT2D eigenvalue weighted by Gasteiger charge is -1.97. The summed E-state index contributed by atoms with van der Waals surface area (Å²) in [7, 11) is 0. The van der Waals surface area contributed by atoms with Crippen molar-refractivity contribution in [1.82, 2.24) is 0 Å². The number of halogens is 3. The molecule has 1 aromatic carbocycles. The van der Waals surface area contributed by atoms with Gasteiger partial charge in [-0.2, -0.15) is 0 Å². The Morgan fingerprint density at radius 1 is 0.667 bits per heavy atom. The number of guanidine groups is 3. The van der Waals surface area contributed by atoms with E-state index in [2.05, 4.69) is 15.0 Å². The summed E-state index contributed by atoms with van der Waals surface area (Å²) in [6.45, 7) is 1.40. The first-order chi connectivity index (χ1) is 11.8. The molecule has 156 valence electrons. The van der Waals surface area contributed by atoms with E-state index in [1.165, 1.54) is 0 Å².